The zero-order valence-corrected chi connectivity index (χ0v) is 37.9. The number of amides is 1. The third-order valence-electron chi connectivity index (χ3n) is 9.87. The summed E-state index contributed by atoms with van der Waals surface area (Å²) in [6, 6.07) is -1.55. The summed E-state index contributed by atoms with van der Waals surface area (Å²) in [6.45, 7) is 2.55. The van der Waals surface area contributed by atoms with Gasteiger partial charge in [0.1, 0.15) is 12.7 Å². The predicted octanol–water partition coefficient (Wildman–Crippen LogP) is 12.2. The van der Waals surface area contributed by atoms with Crippen molar-refractivity contribution in [1.29, 1.82) is 0 Å². The maximum Gasteiger partial charge on any atom is 0.472 e. The topological polar surface area (TPSA) is 169 Å². The van der Waals surface area contributed by atoms with Gasteiger partial charge < -0.3 is 25.2 Å². The third-order valence-corrected chi connectivity index (χ3v) is 10.8. The van der Waals surface area contributed by atoms with Crippen LogP contribution in [0.5, 0.6) is 0 Å². The molecule has 0 aromatic rings. The van der Waals surface area contributed by atoms with Crippen LogP contribution in [0.3, 0.4) is 0 Å². The van der Waals surface area contributed by atoms with Crippen LogP contribution < -0.4 is 5.32 Å². The van der Waals surface area contributed by atoms with Gasteiger partial charge in [0.15, 0.2) is 6.04 Å². The lowest BCUT2D eigenvalue weighted by molar-refractivity contribution is -0.147. The number of aliphatic hydroxyl groups is 1. The van der Waals surface area contributed by atoms with Gasteiger partial charge in [0.2, 0.25) is 5.91 Å². The normalized spacial score (nSPS) is 14.1. The van der Waals surface area contributed by atoms with Gasteiger partial charge in [0.05, 0.1) is 13.2 Å². The Bertz CT molecular complexity index is 1190. The minimum absolute atomic E-state index is 0.146. The number of rotatable bonds is 43. The second-order valence-electron chi connectivity index (χ2n) is 15.6. The van der Waals surface area contributed by atoms with E-state index in [9.17, 15) is 34.1 Å². The van der Waals surface area contributed by atoms with E-state index in [4.69, 9.17) is 13.8 Å². The van der Waals surface area contributed by atoms with E-state index in [1.54, 1.807) is 0 Å². The number of unbranched alkanes of at least 4 members (excludes halogenated alkanes) is 21. The van der Waals surface area contributed by atoms with Crippen molar-refractivity contribution in [2.45, 2.75) is 212 Å². The van der Waals surface area contributed by atoms with Crippen molar-refractivity contribution in [1.82, 2.24) is 5.32 Å². The number of nitrogens with one attached hydrogen (secondary N) is 1. The summed E-state index contributed by atoms with van der Waals surface area (Å²) in [6.07, 6.45) is 47.0. The molecular formula is C47H84NO10P. The lowest BCUT2D eigenvalue weighted by atomic mass is 10.0. The standard InChI is InChI=1S/C47H84NO10P/c1-3-5-7-9-11-13-15-17-19-20-21-22-23-24-25-27-29-31-33-35-37-39-46(51)56-40-43(49)41-57-59(54,55)58-42-44(47(52)53)48-45(50)38-36-34-32-30-28-26-18-16-14-12-10-8-6-4-2/h11,13,17,19,21-22,24-25,43-44,49H,3-10,12,14-16,18,20,23,26-42H2,1-2H3,(H,48,50)(H,52,53)(H,54,55)/b13-11-,19-17-,22-21-,25-24-. The van der Waals surface area contributed by atoms with Crippen LogP contribution in [-0.2, 0) is 32.7 Å². The van der Waals surface area contributed by atoms with Crippen LogP contribution in [0, 0.1) is 0 Å². The van der Waals surface area contributed by atoms with Crippen molar-refractivity contribution in [3.63, 3.8) is 0 Å². The number of allylic oxidation sites excluding steroid dienone is 8. The number of carboxylic acid groups (broad SMARTS) is 1. The van der Waals surface area contributed by atoms with Gasteiger partial charge in [-0.3, -0.25) is 18.6 Å². The van der Waals surface area contributed by atoms with Crippen molar-refractivity contribution in [3.8, 4) is 0 Å². The van der Waals surface area contributed by atoms with E-state index >= 15 is 0 Å². The Hall–Kier alpha value is -2.56. The van der Waals surface area contributed by atoms with Gasteiger partial charge in [0.25, 0.3) is 0 Å². The van der Waals surface area contributed by atoms with Crippen molar-refractivity contribution in [3.05, 3.63) is 48.6 Å². The van der Waals surface area contributed by atoms with Crippen molar-refractivity contribution >= 4 is 25.7 Å². The molecule has 0 rings (SSSR count). The highest BCUT2D eigenvalue weighted by Gasteiger charge is 2.28. The number of carboxylic acids is 1. The molecule has 3 atom stereocenters. The molecule has 0 aromatic carbocycles. The van der Waals surface area contributed by atoms with E-state index in [0.717, 1.165) is 70.6 Å². The highest BCUT2D eigenvalue weighted by molar-refractivity contribution is 7.47. The lowest BCUT2D eigenvalue weighted by Crippen LogP contribution is -2.43. The van der Waals surface area contributed by atoms with Crippen molar-refractivity contribution in [2.24, 2.45) is 0 Å². The lowest BCUT2D eigenvalue weighted by Gasteiger charge is -2.18. The number of hydrogen-bond acceptors (Lipinski definition) is 8. The van der Waals surface area contributed by atoms with Crippen LogP contribution in [-0.4, -0.2) is 64.9 Å². The first-order valence-corrected chi connectivity index (χ1v) is 24.7. The summed E-state index contributed by atoms with van der Waals surface area (Å²) in [7, 11) is -4.76. The van der Waals surface area contributed by atoms with E-state index in [0.29, 0.717) is 12.8 Å². The molecule has 59 heavy (non-hydrogen) atoms. The number of hydrogen-bond donors (Lipinski definition) is 4. The molecule has 342 valence electrons. The van der Waals surface area contributed by atoms with Crippen molar-refractivity contribution in [2.75, 3.05) is 19.8 Å². The number of ether oxygens (including phenoxy) is 1. The van der Waals surface area contributed by atoms with Crippen LogP contribution in [0.2, 0.25) is 0 Å². The number of esters is 1. The van der Waals surface area contributed by atoms with Gasteiger partial charge in [-0.05, 0) is 57.8 Å². The van der Waals surface area contributed by atoms with E-state index in [1.165, 1.54) is 89.9 Å². The molecular weight excluding hydrogens is 769 g/mol. The Kier molecular flexibility index (Phi) is 40.3. The smallest absolute Gasteiger partial charge is 0.472 e. The molecule has 0 fully saturated rings. The maximum absolute atomic E-state index is 12.3. The van der Waals surface area contributed by atoms with Crippen molar-refractivity contribution < 1.29 is 47.8 Å². The Morgan fingerprint density at radius 3 is 1.42 bits per heavy atom. The molecule has 1 amide bonds. The summed E-state index contributed by atoms with van der Waals surface area (Å²) in [5.41, 5.74) is 0. The van der Waals surface area contributed by atoms with Crippen LogP contribution in [0.1, 0.15) is 200 Å². The van der Waals surface area contributed by atoms with Gasteiger partial charge in [-0.1, -0.05) is 178 Å². The largest absolute Gasteiger partial charge is 0.480 e. The fourth-order valence-corrected chi connectivity index (χ4v) is 7.01. The second-order valence-corrected chi connectivity index (χ2v) is 17.0. The monoisotopic (exact) mass is 854 g/mol. The number of aliphatic carboxylic acids is 1. The van der Waals surface area contributed by atoms with E-state index < -0.39 is 57.6 Å². The highest BCUT2D eigenvalue weighted by atomic mass is 31.2. The van der Waals surface area contributed by atoms with Gasteiger partial charge in [0, 0.05) is 12.8 Å². The summed E-state index contributed by atoms with van der Waals surface area (Å²) < 4.78 is 26.9. The van der Waals surface area contributed by atoms with E-state index in [2.05, 4.69) is 67.8 Å². The number of carbonyl (C=O) groups is 3. The van der Waals surface area contributed by atoms with Crippen LogP contribution in [0.15, 0.2) is 48.6 Å². The Balaban J connectivity index is 3.90. The maximum atomic E-state index is 12.3. The first kappa shape index (κ1) is 56.4. The number of phosphoric acid groups is 1. The molecule has 0 aliphatic heterocycles. The number of carbonyl (C=O) groups excluding carboxylic acids is 2. The molecule has 0 aliphatic carbocycles. The minimum Gasteiger partial charge on any atom is -0.480 e. The average molecular weight is 854 g/mol. The molecule has 0 aliphatic rings. The van der Waals surface area contributed by atoms with Gasteiger partial charge in [-0.15, -0.1) is 0 Å². The zero-order valence-electron chi connectivity index (χ0n) is 37.0. The van der Waals surface area contributed by atoms with Crippen LogP contribution in [0.4, 0.5) is 0 Å². The second kappa shape index (κ2) is 42.1. The Morgan fingerprint density at radius 1 is 0.542 bits per heavy atom. The molecule has 11 nitrogen and oxygen atoms in total. The SMILES string of the molecule is CCCCC/C=C\C/C=C\C/C=C\C/C=C\CCCCCCCC(=O)OCC(O)COP(=O)(O)OCC(NC(=O)CCCCCCCCCCCCCCCC)C(=O)O. The number of aliphatic hydroxyl groups excluding tert-OH is 1. The summed E-state index contributed by atoms with van der Waals surface area (Å²) >= 11 is 0. The Labute approximate surface area is 358 Å². The molecule has 0 aromatic heterocycles. The first-order chi connectivity index (χ1) is 28.6. The van der Waals surface area contributed by atoms with Crippen LogP contribution >= 0.6 is 7.82 Å². The molecule has 0 spiro atoms. The van der Waals surface area contributed by atoms with Gasteiger partial charge in [-0.25, -0.2) is 9.36 Å². The fourth-order valence-electron chi connectivity index (χ4n) is 6.24. The van der Waals surface area contributed by atoms with Gasteiger partial charge in [-0.2, -0.15) is 0 Å². The zero-order chi connectivity index (χ0) is 43.5. The third kappa shape index (κ3) is 41.9. The van der Waals surface area contributed by atoms with Crippen LogP contribution in [0.25, 0.3) is 0 Å². The molecule has 0 heterocycles. The molecule has 0 radical (unpaired) electrons. The quantitative estimate of drug-likeness (QED) is 0.0200. The molecule has 0 saturated carbocycles. The molecule has 4 N–H and O–H groups in total. The first-order valence-electron chi connectivity index (χ1n) is 23.2. The molecule has 0 bridgehead atoms. The molecule has 0 saturated heterocycles. The number of phosphoric ester groups is 1. The molecule has 12 heteroatoms. The van der Waals surface area contributed by atoms with Gasteiger partial charge >= 0.3 is 19.8 Å². The minimum atomic E-state index is -4.76. The Morgan fingerprint density at radius 2 is 0.932 bits per heavy atom. The summed E-state index contributed by atoms with van der Waals surface area (Å²) in [5, 5.41) is 21.8. The van der Waals surface area contributed by atoms with E-state index in [-0.39, 0.29) is 12.8 Å². The van der Waals surface area contributed by atoms with E-state index in [1.807, 2.05) is 0 Å². The summed E-state index contributed by atoms with van der Waals surface area (Å²) in [4.78, 5) is 45.9. The summed E-state index contributed by atoms with van der Waals surface area (Å²) in [5.74, 6) is -2.39. The highest BCUT2D eigenvalue weighted by Crippen LogP contribution is 2.43. The molecule has 3 unspecified atom stereocenters. The fraction of sp³-hybridized carbons (Fsp3) is 0.766. The predicted molar refractivity (Wildman–Crippen MR) is 240 cm³/mol. The average Bonchev–Trinajstić information content (AvgIpc) is 3.21.